The van der Waals surface area contributed by atoms with E-state index in [4.69, 9.17) is 19.4 Å². The predicted molar refractivity (Wildman–Crippen MR) is 175 cm³/mol. The van der Waals surface area contributed by atoms with Crippen LogP contribution in [0.1, 0.15) is 51.6 Å². The molecule has 2 atom stereocenters. The number of piperidine rings is 1. The number of nitrogens with zero attached hydrogens (tertiary/aromatic N) is 7. The van der Waals surface area contributed by atoms with E-state index in [2.05, 4.69) is 45.2 Å². The lowest BCUT2D eigenvalue weighted by atomic mass is 9.73. The number of rotatable bonds is 6. The molecule has 3 aromatic heterocycles. The molecule has 0 unspecified atom stereocenters. The highest BCUT2D eigenvalue weighted by Crippen LogP contribution is 2.53. The number of nitrogens with one attached hydrogen (secondary N) is 1. The SMILES string of the molecule is CC1(C)C[C@H]2N(c3cccc(N=S(C)(C)=O)n3)c3nc(Nc4ccn(C5CCN(C6COC6)CC5)c(=O)c4)ncc3[C@@]2(C)CO1. The molecule has 0 saturated carbocycles. The van der Waals surface area contributed by atoms with Gasteiger partial charge in [0.15, 0.2) is 5.82 Å². The summed E-state index contributed by atoms with van der Waals surface area (Å²) >= 11 is 0. The smallest absolute Gasteiger partial charge is 0.252 e. The van der Waals surface area contributed by atoms with Crippen LogP contribution in [0.4, 0.5) is 29.1 Å². The zero-order valence-electron chi connectivity index (χ0n) is 26.6. The van der Waals surface area contributed by atoms with Crippen molar-refractivity contribution in [3.8, 4) is 0 Å². The molecule has 45 heavy (non-hydrogen) atoms. The average Bonchev–Trinajstić information content (AvgIpc) is 3.19. The van der Waals surface area contributed by atoms with E-state index in [1.54, 1.807) is 24.6 Å². The van der Waals surface area contributed by atoms with Crippen LogP contribution in [0, 0.1) is 0 Å². The molecule has 0 spiro atoms. The summed E-state index contributed by atoms with van der Waals surface area (Å²) < 4.78 is 30.3. The molecule has 3 fully saturated rings. The monoisotopic (exact) mass is 634 g/mol. The van der Waals surface area contributed by atoms with E-state index >= 15 is 0 Å². The number of hydrogen-bond donors (Lipinski definition) is 1. The Bertz CT molecular complexity index is 1780. The number of fused-ring (bicyclic) bond motifs is 3. The largest absolute Gasteiger partial charge is 0.378 e. The molecule has 240 valence electrons. The summed E-state index contributed by atoms with van der Waals surface area (Å²) in [5.41, 5.74) is 0.858. The van der Waals surface area contributed by atoms with Crippen LogP contribution in [0.15, 0.2) is 51.9 Å². The standard InChI is InChI=1S/C32H42N8O4S/c1-31(2)16-25-32(3,20-44-31)24-17-33-30(36-29(24)40(25)27-8-6-7-26(35-27)37-45(4,5)42)34-21-9-14-39(28(41)15-21)22-10-12-38(13-11-22)23-18-43-19-23/h6-9,14-15,17,22-23,25H,10-13,16,18-20H2,1-5H3,(H,33,34,36)/t25-,32-/m1/s1. The fraction of sp³-hybridized carbons (Fsp3) is 0.562. The molecule has 12 nitrogen and oxygen atoms in total. The minimum absolute atomic E-state index is 0.00308. The first-order chi connectivity index (χ1) is 21.4. The molecule has 4 aliphatic rings. The predicted octanol–water partition coefficient (Wildman–Crippen LogP) is 4.15. The van der Waals surface area contributed by atoms with Crippen LogP contribution < -0.4 is 15.8 Å². The van der Waals surface area contributed by atoms with Crippen molar-refractivity contribution >= 4 is 38.8 Å². The van der Waals surface area contributed by atoms with Crippen molar-refractivity contribution in [2.75, 3.05) is 55.6 Å². The third kappa shape index (κ3) is 5.86. The van der Waals surface area contributed by atoms with E-state index in [1.807, 2.05) is 35.2 Å². The van der Waals surface area contributed by atoms with Gasteiger partial charge in [-0.1, -0.05) is 13.0 Å². The van der Waals surface area contributed by atoms with E-state index in [9.17, 15) is 9.00 Å². The Morgan fingerprint density at radius 3 is 2.53 bits per heavy atom. The van der Waals surface area contributed by atoms with E-state index in [-0.39, 0.29) is 28.7 Å². The van der Waals surface area contributed by atoms with Crippen molar-refractivity contribution in [1.82, 2.24) is 24.4 Å². The average molecular weight is 635 g/mol. The maximum Gasteiger partial charge on any atom is 0.252 e. The third-order valence-corrected chi connectivity index (χ3v) is 10.2. The second-order valence-electron chi connectivity index (χ2n) is 13.9. The molecular formula is C32H42N8O4S. The second-order valence-corrected chi connectivity index (χ2v) is 16.4. The van der Waals surface area contributed by atoms with Crippen molar-refractivity contribution in [2.24, 2.45) is 4.36 Å². The molecule has 0 bridgehead atoms. The topological polar surface area (TPSA) is 127 Å². The molecule has 0 aromatic carbocycles. The normalized spacial score (nSPS) is 25.4. The highest BCUT2D eigenvalue weighted by atomic mass is 32.2. The summed E-state index contributed by atoms with van der Waals surface area (Å²) in [5, 5.41) is 3.27. The van der Waals surface area contributed by atoms with E-state index < -0.39 is 9.73 Å². The lowest BCUT2D eigenvalue weighted by molar-refractivity contribution is -0.0893. The number of anilines is 4. The zero-order chi connectivity index (χ0) is 31.6. The molecule has 0 aliphatic carbocycles. The van der Waals surface area contributed by atoms with Gasteiger partial charge in [0.25, 0.3) is 5.56 Å². The molecule has 0 amide bonds. The van der Waals surface area contributed by atoms with Crippen LogP contribution in [0.5, 0.6) is 0 Å². The molecule has 7 rings (SSSR count). The van der Waals surface area contributed by atoms with Gasteiger partial charge in [-0.3, -0.25) is 9.69 Å². The van der Waals surface area contributed by atoms with Gasteiger partial charge in [0, 0.05) is 76.5 Å². The van der Waals surface area contributed by atoms with Gasteiger partial charge in [-0.05, 0) is 51.3 Å². The van der Waals surface area contributed by atoms with Gasteiger partial charge >= 0.3 is 0 Å². The Kier molecular flexibility index (Phi) is 7.50. The van der Waals surface area contributed by atoms with Crippen LogP contribution >= 0.6 is 0 Å². The Morgan fingerprint density at radius 1 is 1.07 bits per heavy atom. The van der Waals surface area contributed by atoms with Crippen molar-refractivity contribution in [3.05, 3.63) is 58.6 Å². The molecule has 13 heteroatoms. The number of aromatic nitrogens is 4. The summed E-state index contributed by atoms with van der Waals surface area (Å²) in [7, 11) is -2.39. The first-order valence-corrected chi connectivity index (χ1v) is 18.0. The second kappa shape index (κ2) is 11.1. The minimum Gasteiger partial charge on any atom is -0.378 e. The van der Waals surface area contributed by atoms with Gasteiger partial charge in [-0.25, -0.2) is 14.2 Å². The minimum atomic E-state index is -2.39. The van der Waals surface area contributed by atoms with Crippen LogP contribution in [0.25, 0.3) is 0 Å². The molecule has 3 aromatic rings. The van der Waals surface area contributed by atoms with Gasteiger partial charge < -0.3 is 24.3 Å². The lowest BCUT2D eigenvalue weighted by Gasteiger charge is -2.46. The maximum atomic E-state index is 13.2. The number of pyridine rings is 2. The summed E-state index contributed by atoms with van der Waals surface area (Å²) in [4.78, 5) is 32.4. The summed E-state index contributed by atoms with van der Waals surface area (Å²) in [6.07, 6.45) is 9.58. The Morgan fingerprint density at radius 2 is 1.84 bits per heavy atom. The Hall–Kier alpha value is -3.39. The van der Waals surface area contributed by atoms with Gasteiger partial charge in [-0.15, -0.1) is 0 Å². The van der Waals surface area contributed by atoms with Gasteiger partial charge in [-0.2, -0.15) is 9.35 Å². The van der Waals surface area contributed by atoms with Crippen molar-refractivity contribution in [3.63, 3.8) is 0 Å². The Labute approximate surface area is 264 Å². The lowest BCUT2D eigenvalue weighted by Crippen LogP contribution is -2.54. The highest BCUT2D eigenvalue weighted by Gasteiger charge is 2.55. The number of hydrogen-bond acceptors (Lipinski definition) is 11. The molecule has 7 heterocycles. The first kappa shape index (κ1) is 30.3. The van der Waals surface area contributed by atoms with Crippen LogP contribution in [-0.4, -0.2) is 91.7 Å². The molecule has 1 N–H and O–H groups in total. The fourth-order valence-electron chi connectivity index (χ4n) is 7.04. The van der Waals surface area contributed by atoms with Crippen molar-refractivity contribution < 1.29 is 13.7 Å². The first-order valence-electron chi connectivity index (χ1n) is 15.6. The van der Waals surface area contributed by atoms with Crippen molar-refractivity contribution in [1.29, 1.82) is 0 Å². The third-order valence-electron chi connectivity index (χ3n) is 9.62. The van der Waals surface area contributed by atoms with Crippen LogP contribution in [0.3, 0.4) is 0 Å². The van der Waals surface area contributed by atoms with Gasteiger partial charge in [0.1, 0.15) is 11.6 Å². The fourth-order valence-corrected chi connectivity index (χ4v) is 7.60. The van der Waals surface area contributed by atoms with Gasteiger partial charge in [0.05, 0.1) is 37.5 Å². The van der Waals surface area contributed by atoms with Crippen molar-refractivity contribution in [2.45, 2.75) is 69.2 Å². The van der Waals surface area contributed by atoms with E-state index in [0.29, 0.717) is 35.9 Å². The maximum absolute atomic E-state index is 13.2. The molecule has 4 aliphatic heterocycles. The Balaban J connectivity index is 1.18. The van der Waals surface area contributed by atoms with Gasteiger partial charge in [0.2, 0.25) is 5.95 Å². The molecular weight excluding hydrogens is 592 g/mol. The number of ether oxygens (including phenoxy) is 2. The summed E-state index contributed by atoms with van der Waals surface area (Å²) in [5.74, 6) is 2.22. The summed E-state index contributed by atoms with van der Waals surface area (Å²) in [6.45, 7) is 10.5. The zero-order valence-corrected chi connectivity index (χ0v) is 27.4. The van der Waals surface area contributed by atoms with Crippen LogP contribution in [-0.2, 0) is 24.6 Å². The molecule has 3 saturated heterocycles. The van der Waals surface area contributed by atoms with E-state index in [0.717, 1.165) is 56.9 Å². The molecule has 0 radical (unpaired) electrons. The summed E-state index contributed by atoms with van der Waals surface area (Å²) in [6, 6.07) is 9.84. The quantitative estimate of drug-likeness (QED) is 0.423. The number of likely N-dealkylation sites (tertiary alicyclic amines) is 1. The van der Waals surface area contributed by atoms with E-state index in [1.165, 1.54) is 0 Å². The van der Waals surface area contributed by atoms with Crippen LogP contribution in [0.2, 0.25) is 0 Å². The highest BCUT2D eigenvalue weighted by molar-refractivity contribution is 7.92.